The van der Waals surface area contributed by atoms with Crippen LogP contribution in [0.2, 0.25) is 0 Å². The number of nitrogens with one attached hydrogen (secondary N) is 1. The van der Waals surface area contributed by atoms with Gasteiger partial charge in [-0.25, -0.2) is 4.39 Å². The molecule has 0 radical (unpaired) electrons. The van der Waals surface area contributed by atoms with Gasteiger partial charge in [-0.3, -0.25) is 14.4 Å². The molecule has 152 valence electrons. The normalized spacial score (nSPS) is 17.5. The molecule has 1 aliphatic rings. The van der Waals surface area contributed by atoms with E-state index >= 15 is 0 Å². The average molecular weight is 394 g/mol. The molecule has 1 amide bonds. The van der Waals surface area contributed by atoms with Crippen molar-refractivity contribution in [3.05, 3.63) is 65.6 Å². The Morgan fingerprint density at radius 2 is 2.03 bits per heavy atom. The van der Waals surface area contributed by atoms with Crippen LogP contribution in [-0.4, -0.2) is 46.3 Å². The van der Waals surface area contributed by atoms with Gasteiger partial charge in [-0.05, 0) is 56.1 Å². The quantitative estimate of drug-likeness (QED) is 0.691. The van der Waals surface area contributed by atoms with Gasteiger partial charge in [0.1, 0.15) is 5.82 Å². The number of piperidine rings is 1. The number of benzene rings is 2. The molecule has 29 heavy (non-hydrogen) atoms. The summed E-state index contributed by atoms with van der Waals surface area (Å²) in [5.41, 5.74) is 2.48. The minimum Gasteiger partial charge on any atom is -0.351 e. The third kappa shape index (κ3) is 4.65. The van der Waals surface area contributed by atoms with Gasteiger partial charge < -0.3 is 5.32 Å². The van der Waals surface area contributed by atoms with E-state index < -0.39 is 0 Å². The lowest BCUT2D eigenvalue weighted by molar-refractivity contribution is 0.0938. The monoisotopic (exact) mass is 394 g/mol. The van der Waals surface area contributed by atoms with Crippen LogP contribution in [-0.2, 0) is 6.54 Å². The smallest absolute Gasteiger partial charge is 0.251 e. The summed E-state index contributed by atoms with van der Waals surface area (Å²) in [5.74, 6) is -0.317. The van der Waals surface area contributed by atoms with E-state index in [-0.39, 0.29) is 11.7 Å². The minimum atomic E-state index is -0.253. The van der Waals surface area contributed by atoms with Crippen LogP contribution in [0.3, 0.4) is 0 Å². The van der Waals surface area contributed by atoms with Gasteiger partial charge >= 0.3 is 0 Å². The summed E-state index contributed by atoms with van der Waals surface area (Å²) in [6.07, 6.45) is 5.57. The lowest BCUT2D eigenvalue weighted by Crippen LogP contribution is -2.42. The highest BCUT2D eigenvalue weighted by Crippen LogP contribution is 2.18. The van der Waals surface area contributed by atoms with E-state index in [1.807, 2.05) is 22.9 Å². The van der Waals surface area contributed by atoms with Crippen molar-refractivity contribution in [2.45, 2.75) is 38.8 Å². The first-order chi connectivity index (χ1) is 14.1. The molecule has 1 atom stereocenters. The Morgan fingerprint density at radius 1 is 1.21 bits per heavy atom. The standard InChI is InChI=1S/C23H27FN4O/c1-17-4-2-3-12-27(17)13-11-25-23(29)19-7-8-20-15-26-28(22(20)14-19)16-18-5-9-21(24)10-6-18/h5-10,14-15,17H,2-4,11-13,16H2,1H3,(H,25,29). The fraction of sp³-hybridized carbons (Fsp3) is 0.391. The Labute approximate surface area is 170 Å². The molecule has 0 spiro atoms. The van der Waals surface area contributed by atoms with E-state index in [9.17, 15) is 9.18 Å². The van der Waals surface area contributed by atoms with Crippen LogP contribution in [0.5, 0.6) is 0 Å². The molecule has 1 saturated heterocycles. The molecule has 1 unspecified atom stereocenters. The van der Waals surface area contributed by atoms with Crippen LogP contribution in [0.4, 0.5) is 4.39 Å². The highest BCUT2D eigenvalue weighted by molar-refractivity contribution is 5.97. The van der Waals surface area contributed by atoms with Crippen molar-refractivity contribution < 1.29 is 9.18 Å². The van der Waals surface area contributed by atoms with Crippen molar-refractivity contribution in [2.75, 3.05) is 19.6 Å². The van der Waals surface area contributed by atoms with Gasteiger partial charge in [-0.1, -0.05) is 24.6 Å². The Bertz CT molecular complexity index is 982. The molecule has 0 aliphatic carbocycles. The van der Waals surface area contributed by atoms with Crippen molar-refractivity contribution in [2.24, 2.45) is 0 Å². The second kappa shape index (κ2) is 8.74. The SMILES string of the molecule is CC1CCCCN1CCNC(=O)c1ccc2cnn(Cc3ccc(F)cc3)c2c1. The largest absolute Gasteiger partial charge is 0.351 e. The molecule has 0 saturated carbocycles. The molecule has 6 heteroatoms. The Balaban J connectivity index is 1.42. The second-order valence-electron chi connectivity index (χ2n) is 7.84. The molecule has 4 rings (SSSR count). The minimum absolute atomic E-state index is 0.0638. The number of hydrogen-bond acceptors (Lipinski definition) is 3. The molecule has 0 bridgehead atoms. The molecule has 5 nitrogen and oxygen atoms in total. The third-order valence-corrected chi connectivity index (χ3v) is 5.78. The van der Waals surface area contributed by atoms with Crippen molar-refractivity contribution in [1.82, 2.24) is 20.0 Å². The molecule has 1 aromatic heterocycles. The zero-order valence-electron chi connectivity index (χ0n) is 16.8. The summed E-state index contributed by atoms with van der Waals surface area (Å²) < 4.78 is 15.0. The number of carbonyl (C=O) groups is 1. The van der Waals surface area contributed by atoms with Gasteiger partial charge in [-0.15, -0.1) is 0 Å². The molecule has 1 N–H and O–H groups in total. The molecule has 2 heterocycles. The van der Waals surface area contributed by atoms with Crippen LogP contribution in [0, 0.1) is 5.82 Å². The van der Waals surface area contributed by atoms with Crippen molar-refractivity contribution >= 4 is 16.8 Å². The average Bonchev–Trinajstić information content (AvgIpc) is 3.13. The number of halogens is 1. The molecule has 1 aliphatic heterocycles. The number of likely N-dealkylation sites (tertiary alicyclic amines) is 1. The molecule has 3 aromatic rings. The van der Waals surface area contributed by atoms with Gasteiger partial charge in [0.05, 0.1) is 18.3 Å². The number of carbonyl (C=O) groups excluding carboxylic acids is 1. The van der Waals surface area contributed by atoms with Crippen LogP contribution in [0.1, 0.15) is 42.1 Å². The van der Waals surface area contributed by atoms with Gasteiger partial charge in [0.2, 0.25) is 0 Å². The van der Waals surface area contributed by atoms with Gasteiger partial charge in [0, 0.05) is 30.1 Å². The number of hydrogen-bond donors (Lipinski definition) is 1. The van der Waals surface area contributed by atoms with Crippen LogP contribution < -0.4 is 5.32 Å². The topological polar surface area (TPSA) is 50.2 Å². The fourth-order valence-corrected chi connectivity index (χ4v) is 4.01. The van der Waals surface area contributed by atoms with E-state index in [1.54, 1.807) is 18.3 Å². The van der Waals surface area contributed by atoms with E-state index in [0.29, 0.717) is 24.7 Å². The highest BCUT2D eigenvalue weighted by atomic mass is 19.1. The van der Waals surface area contributed by atoms with Crippen LogP contribution in [0.25, 0.3) is 10.9 Å². The lowest BCUT2D eigenvalue weighted by Gasteiger charge is -2.33. The van der Waals surface area contributed by atoms with E-state index in [0.717, 1.165) is 29.6 Å². The predicted molar refractivity (Wildman–Crippen MR) is 112 cm³/mol. The maximum Gasteiger partial charge on any atom is 0.251 e. The summed E-state index contributed by atoms with van der Waals surface area (Å²) in [6.45, 7) is 5.44. The van der Waals surface area contributed by atoms with E-state index in [2.05, 4.69) is 22.2 Å². The van der Waals surface area contributed by atoms with Gasteiger partial charge in [0.15, 0.2) is 0 Å². The molecular formula is C23H27FN4O. The van der Waals surface area contributed by atoms with Gasteiger partial charge in [-0.2, -0.15) is 5.10 Å². The van der Waals surface area contributed by atoms with Crippen LogP contribution >= 0.6 is 0 Å². The maximum atomic E-state index is 13.1. The fourth-order valence-electron chi connectivity index (χ4n) is 4.01. The number of nitrogens with zero attached hydrogens (tertiary/aromatic N) is 3. The first kappa shape index (κ1) is 19.6. The summed E-state index contributed by atoms with van der Waals surface area (Å²) >= 11 is 0. The predicted octanol–water partition coefficient (Wildman–Crippen LogP) is 3.83. The summed E-state index contributed by atoms with van der Waals surface area (Å²) in [7, 11) is 0. The van der Waals surface area contributed by atoms with Gasteiger partial charge in [0.25, 0.3) is 5.91 Å². The second-order valence-corrected chi connectivity index (χ2v) is 7.84. The molecule has 2 aromatic carbocycles. The Hall–Kier alpha value is -2.73. The number of aromatic nitrogens is 2. The molecular weight excluding hydrogens is 367 g/mol. The lowest BCUT2D eigenvalue weighted by atomic mass is 10.0. The first-order valence-corrected chi connectivity index (χ1v) is 10.3. The van der Waals surface area contributed by atoms with E-state index in [4.69, 9.17) is 0 Å². The first-order valence-electron chi connectivity index (χ1n) is 10.3. The Kier molecular flexibility index (Phi) is 5.90. The van der Waals surface area contributed by atoms with E-state index in [1.165, 1.54) is 31.4 Å². The number of amides is 1. The zero-order chi connectivity index (χ0) is 20.2. The summed E-state index contributed by atoms with van der Waals surface area (Å²) in [5, 5.41) is 8.45. The van der Waals surface area contributed by atoms with Crippen molar-refractivity contribution in [1.29, 1.82) is 0 Å². The van der Waals surface area contributed by atoms with Crippen LogP contribution in [0.15, 0.2) is 48.7 Å². The summed E-state index contributed by atoms with van der Waals surface area (Å²) in [6, 6.07) is 12.6. The molecule has 1 fully saturated rings. The third-order valence-electron chi connectivity index (χ3n) is 5.78. The summed E-state index contributed by atoms with van der Waals surface area (Å²) in [4.78, 5) is 15.1. The number of rotatable bonds is 6. The maximum absolute atomic E-state index is 13.1. The highest BCUT2D eigenvalue weighted by Gasteiger charge is 2.18. The Morgan fingerprint density at radius 3 is 2.83 bits per heavy atom. The number of fused-ring (bicyclic) bond motifs is 1. The zero-order valence-corrected chi connectivity index (χ0v) is 16.8. The van der Waals surface area contributed by atoms with Crippen molar-refractivity contribution in [3.63, 3.8) is 0 Å². The van der Waals surface area contributed by atoms with Crippen molar-refractivity contribution in [3.8, 4) is 0 Å².